The number of rotatable bonds is 5. The van der Waals surface area contributed by atoms with E-state index in [9.17, 15) is 13.2 Å². The van der Waals surface area contributed by atoms with Gasteiger partial charge in [-0.3, -0.25) is 4.79 Å². The fourth-order valence-corrected chi connectivity index (χ4v) is 3.73. The van der Waals surface area contributed by atoms with Crippen LogP contribution in [0.3, 0.4) is 0 Å². The summed E-state index contributed by atoms with van der Waals surface area (Å²) in [7, 11) is -3.56. The minimum atomic E-state index is -3.56. The van der Waals surface area contributed by atoms with Crippen LogP contribution in [0.1, 0.15) is 33.6 Å². The Morgan fingerprint density at radius 1 is 1.14 bits per heavy atom. The Hall–Kier alpha value is -0.660. The van der Waals surface area contributed by atoms with Crippen LogP contribution < -0.4 is 0 Å². The van der Waals surface area contributed by atoms with Gasteiger partial charge in [-0.05, 0) is 39.5 Å². The Morgan fingerprint density at radius 2 is 1.71 bits per heavy atom. The van der Waals surface area contributed by atoms with Gasteiger partial charge >= 0.3 is 5.97 Å². The van der Waals surface area contributed by atoms with Gasteiger partial charge in [0.25, 0.3) is 0 Å². The van der Waals surface area contributed by atoms with Crippen LogP contribution in [-0.2, 0) is 19.6 Å². The van der Waals surface area contributed by atoms with Gasteiger partial charge in [-0.15, -0.1) is 0 Å². The molecule has 1 saturated carbocycles. The van der Waals surface area contributed by atoms with E-state index >= 15 is 0 Å². The van der Waals surface area contributed by atoms with Gasteiger partial charge < -0.3 is 9.64 Å². The number of sulfonamides is 1. The lowest BCUT2D eigenvalue weighted by Crippen LogP contribution is -2.50. The summed E-state index contributed by atoms with van der Waals surface area (Å²) >= 11 is 0. The van der Waals surface area contributed by atoms with Crippen LogP contribution in [0, 0.1) is 5.92 Å². The van der Waals surface area contributed by atoms with Crippen molar-refractivity contribution in [3.63, 3.8) is 0 Å². The van der Waals surface area contributed by atoms with Gasteiger partial charge in [0, 0.05) is 32.7 Å². The third-order valence-corrected chi connectivity index (χ3v) is 5.41. The monoisotopic (exact) mass is 318 g/mol. The molecule has 2 aliphatic rings. The molecule has 1 saturated heterocycles. The predicted octanol–water partition coefficient (Wildman–Crippen LogP) is 0.686. The largest absolute Gasteiger partial charge is 0.459 e. The molecule has 1 aliphatic heterocycles. The molecule has 0 aromatic rings. The Kier molecular flexibility index (Phi) is 4.95. The van der Waals surface area contributed by atoms with Crippen LogP contribution in [0.4, 0.5) is 0 Å². The highest BCUT2D eigenvalue weighted by molar-refractivity contribution is 7.89. The van der Waals surface area contributed by atoms with Crippen molar-refractivity contribution in [3.8, 4) is 0 Å². The van der Waals surface area contributed by atoms with Crippen LogP contribution in [0.2, 0.25) is 0 Å². The molecule has 0 radical (unpaired) electrons. The van der Waals surface area contributed by atoms with E-state index in [2.05, 4.69) is 4.90 Å². The van der Waals surface area contributed by atoms with Gasteiger partial charge in [-0.1, -0.05) is 0 Å². The van der Waals surface area contributed by atoms with Gasteiger partial charge in [-0.25, -0.2) is 8.42 Å². The number of carbonyl (C=O) groups is 1. The molecule has 2 rings (SSSR count). The maximum absolute atomic E-state index is 12.2. The Bertz CT molecular complexity index is 472. The van der Waals surface area contributed by atoms with Crippen molar-refractivity contribution in [2.24, 2.45) is 5.92 Å². The molecule has 0 amide bonds. The third-order valence-electron chi connectivity index (χ3n) is 3.66. The van der Waals surface area contributed by atoms with Crippen molar-refractivity contribution in [1.82, 2.24) is 9.21 Å². The maximum atomic E-state index is 12.2. The zero-order valence-corrected chi connectivity index (χ0v) is 14.0. The van der Waals surface area contributed by atoms with Crippen LogP contribution >= 0.6 is 0 Å². The molecule has 0 bridgehead atoms. The molecule has 0 N–H and O–H groups in total. The molecule has 2 fully saturated rings. The van der Waals surface area contributed by atoms with Crippen LogP contribution in [0.25, 0.3) is 0 Å². The second-order valence-corrected chi connectivity index (χ2v) is 8.95. The SMILES string of the molecule is CC(C)(C)OC(=O)CS(=O)(=O)N1CCN(CC2CC2)CC1. The highest BCUT2D eigenvalue weighted by Gasteiger charge is 2.32. The molecule has 0 aromatic carbocycles. The number of esters is 1. The molecule has 122 valence electrons. The van der Waals surface area contributed by atoms with Gasteiger partial charge in [0.05, 0.1) is 0 Å². The predicted molar refractivity (Wildman–Crippen MR) is 80.4 cm³/mol. The highest BCUT2D eigenvalue weighted by atomic mass is 32.2. The van der Waals surface area contributed by atoms with Gasteiger partial charge in [0.2, 0.25) is 10.0 Å². The zero-order chi connectivity index (χ0) is 15.7. The van der Waals surface area contributed by atoms with Gasteiger partial charge in [0.15, 0.2) is 5.75 Å². The first-order valence-electron chi connectivity index (χ1n) is 7.58. The summed E-state index contributed by atoms with van der Waals surface area (Å²) in [6.07, 6.45) is 2.61. The summed E-state index contributed by atoms with van der Waals surface area (Å²) in [5.41, 5.74) is -0.657. The number of piperazine rings is 1. The molecule has 0 spiro atoms. The molecule has 1 aliphatic carbocycles. The maximum Gasteiger partial charge on any atom is 0.323 e. The van der Waals surface area contributed by atoms with E-state index in [4.69, 9.17) is 4.74 Å². The number of ether oxygens (including phenoxy) is 1. The lowest BCUT2D eigenvalue weighted by molar-refractivity contribution is -0.151. The first-order valence-corrected chi connectivity index (χ1v) is 9.19. The number of hydrogen-bond acceptors (Lipinski definition) is 5. The lowest BCUT2D eigenvalue weighted by atomic mass is 10.2. The summed E-state index contributed by atoms with van der Waals surface area (Å²) < 4.78 is 31.0. The highest BCUT2D eigenvalue weighted by Crippen LogP contribution is 2.30. The number of nitrogens with zero attached hydrogens (tertiary/aromatic N) is 2. The van der Waals surface area contributed by atoms with E-state index in [1.165, 1.54) is 17.1 Å². The second kappa shape index (κ2) is 6.22. The fraction of sp³-hybridized carbons (Fsp3) is 0.929. The summed E-state index contributed by atoms with van der Waals surface area (Å²) in [6.45, 7) is 8.72. The second-order valence-electron chi connectivity index (χ2n) is 6.99. The lowest BCUT2D eigenvalue weighted by Gasteiger charge is -2.34. The topological polar surface area (TPSA) is 66.9 Å². The summed E-state index contributed by atoms with van der Waals surface area (Å²) in [5.74, 6) is -0.426. The van der Waals surface area contributed by atoms with Crippen LogP contribution in [0.5, 0.6) is 0 Å². The van der Waals surface area contributed by atoms with Gasteiger partial charge in [0.1, 0.15) is 5.60 Å². The molecule has 0 atom stereocenters. The molecular weight excluding hydrogens is 292 g/mol. The van der Waals surface area contributed by atoms with Crippen molar-refractivity contribution in [2.75, 3.05) is 38.5 Å². The Balaban J connectivity index is 1.81. The molecule has 6 nitrogen and oxygen atoms in total. The summed E-state index contributed by atoms with van der Waals surface area (Å²) in [5, 5.41) is 0. The third kappa shape index (κ3) is 5.56. The van der Waals surface area contributed by atoms with Crippen LogP contribution in [0.15, 0.2) is 0 Å². The first kappa shape index (κ1) is 16.7. The standard InChI is InChI=1S/C14H26N2O4S/c1-14(2,3)20-13(17)11-21(18,19)16-8-6-15(7-9-16)10-12-4-5-12/h12H,4-11H2,1-3H3. The number of carbonyl (C=O) groups excluding carboxylic acids is 1. The van der Waals surface area contributed by atoms with E-state index < -0.39 is 27.3 Å². The molecule has 1 heterocycles. The van der Waals surface area contributed by atoms with E-state index in [0.717, 1.165) is 25.6 Å². The van der Waals surface area contributed by atoms with Crippen LogP contribution in [-0.4, -0.2) is 67.7 Å². The zero-order valence-electron chi connectivity index (χ0n) is 13.2. The minimum Gasteiger partial charge on any atom is -0.459 e. The van der Waals surface area contributed by atoms with Gasteiger partial charge in [-0.2, -0.15) is 4.31 Å². The number of hydrogen-bond donors (Lipinski definition) is 0. The minimum absolute atomic E-state index is 0.470. The normalized spacial score (nSPS) is 22.2. The quantitative estimate of drug-likeness (QED) is 0.698. The van der Waals surface area contributed by atoms with Crippen molar-refractivity contribution < 1.29 is 17.9 Å². The first-order chi connectivity index (χ1) is 9.66. The van der Waals surface area contributed by atoms with E-state index in [0.29, 0.717) is 13.1 Å². The van der Waals surface area contributed by atoms with Crippen molar-refractivity contribution in [2.45, 2.75) is 39.2 Å². The Labute approximate surface area is 127 Å². The summed E-state index contributed by atoms with van der Waals surface area (Å²) in [4.78, 5) is 14.0. The summed E-state index contributed by atoms with van der Waals surface area (Å²) in [6, 6.07) is 0. The molecule has 0 unspecified atom stereocenters. The molecule has 21 heavy (non-hydrogen) atoms. The van der Waals surface area contributed by atoms with Crippen molar-refractivity contribution in [1.29, 1.82) is 0 Å². The fourth-order valence-electron chi connectivity index (χ4n) is 2.47. The average Bonchev–Trinajstić information content (AvgIpc) is 3.10. The van der Waals surface area contributed by atoms with E-state index in [1.807, 2.05) is 0 Å². The molecular formula is C14H26N2O4S. The van der Waals surface area contributed by atoms with E-state index in [1.54, 1.807) is 20.8 Å². The van der Waals surface area contributed by atoms with Crippen molar-refractivity contribution in [3.05, 3.63) is 0 Å². The average molecular weight is 318 g/mol. The van der Waals surface area contributed by atoms with E-state index in [-0.39, 0.29) is 0 Å². The molecule has 0 aromatic heterocycles. The van der Waals surface area contributed by atoms with Crippen molar-refractivity contribution >= 4 is 16.0 Å². The smallest absolute Gasteiger partial charge is 0.323 e. The molecule has 7 heteroatoms. The Morgan fingerprint density at radius 3 is 2.19 bits per heavy atom.